The molecule has 2 N–H and O–H groups in total. The quantitative estimate of drug-likeness (QED) is 0.353. The van der Waals surface area contributed by atoms with Crippen LogP contribution in [0.4, 0.5) is 0 Å². The zero-order chi connectivity index (χ0) is 21.1. The fourth-order valence-electron chi connectivity index (χ4n) is 2.52. The maximum atomic E-state index is 12.0. The predicted molar refractivity (Wildman–Crippen MR) is 118 cm³/mol. The second-order valence-electron chi connectivity index (χ2n) is 5.85. The van der Waals surface area contributed by atoms with E-state index in [0.29, 0.717) is 31.6 Å². The maximum absolute atomic E-state index is 12.0. The molecule has 0 radical (unpaired) electrons. The Morgan fingerprint density at radius 3 is 2.45 bits per heavy atom. The highest BCUT2D eigenvalue weighted by atomic mass is 79.9. The van der Waals surface area contributed by atoms with Gasteiger partial charge < -0.3 is 9.47 Å². The molecule has 1 heterocycles. The van der Waals surface area contributed by atoms with Gasteiger partial charge in [-0.2, -0.15) is 0 Å². The van der Waals surface area contributed by atoms with E-state index in [0.717, 1.165) is 5.56 Å². The van der Waals surface area contributed by atoms with Crippen molar-refractivity contribution in [3.8, 4) is 11.5 Å². The molecule has 0 saturated carbocycles. The van der Waals surface area contributed by atoms with Crippen LogP contribution in [0.2, 0.25) is 10.0 Å². The molecule has 1 fully saturated rings. The highest BCUT2D eigenvalue weighted by Gasteiger charge is 2.26. The number of rotatable bonds is 5. The number of benzene rings is 2. The number of carbonyl (C=O) groups excluding carboxylic acids is 2. The second-order valence-corrected chi connectivity index (χ2v) is 7.96. The lowest BCUT2D eigenvalue weighted by Gasteiger charge is -2.17. The van der Waals surface area contributed by atoms with Crippen LogP contribution in [0.15, 0.2) is 40.4 Å². The minimum absolute atomic E-state index is 0.0273. The summed E-state index contributed by atoms with van der Waals surface area (Å²) in [5.41, 5.74) is 1.23. The van der Waals surface area contributed by atoms with Crippen LogP contribution in [0.1, 0.15) is 11.1 Å². The number of ether oxygens (including phenoxy) is 2. The molecule has 1 aliphatic rings. The first kappa shape index (κ1) is 21.6. The molecular weight excluding hydrogens is 503 g/mol. The summed E-state index contributed by atoms with van der Waals surface area (Å²) in [7, 11) is 1.49. The summed E-state index contributed by atoms with van der Waals surface area (Å²) in [5.74, 6) is -0.305. The molecule has 0 spiro atoms. The van der Waals surface area contributed by atoms with Crippen LogP contribution >= 0.6 is 51.3 Å². The molecule has 2 aromatic carbocycles. The maximum Gasteiger partial charge on any atom is 0.263 e. The van der Waals surface area contributed by atoms with Crippen LogP contribution in [0.3, 0.4) is 0 Å². The first-order chi connectivity index (χ1) is 13.8. The van der Waals surface area contributed by atoms with E-state index in [1.165, 1.54) is 13.2 Å². The van der Waals surface area contributed by atoms with Crippen molar-refractivity contribution in [3.63, 3.8) is 0 Å². The van der Waals surface area contributed by atoms with Gasteiger partial charge in [-0.3, -0.25) is 20.2 Å². The Hall–Kier alpha value is -2.13. The lowest BCUT2D eigenvalue weighted by Crippen LogP contribution is -2.51. The first-order valence-corrected chi connectivity index (χ1v) is 10.1. The molecule has 0 unspecified atom stereocenters. The third-order valence-corrected chi connectivity index (χ3v) is 5.27. The van der Waals surface area contributed by atoms with Crippen molar-refractivity contribution in [2.45, 2.75) is 6.61 Å². The SMILES string of the molecule is COc1cc(C=C2C(=O)NC(=S)NC2=O)cc(Br)c1OCc1ccc(Cl)cc1Cl. The average Bonchev–Trinajstić information content (AvgIpc) is 2.64. The highest BCUT2D eigenvalue weighted by Crippen LogP contribution is 2.38. The van der Waals surface area contributed by atoms with Crippen molar-refractivity contribution in [1.82, 2.24) is 10.6 Å². The molecule has 2 amide bonds. The normalized spacial score (nSPS) is 13.7. The molecule has 6 nitrogen and oxygen atoms in total. The highest BCUT2D eigenvalue weighted by molar-refractivity contribution is 9.10. The number of amides is 2. The van der Waals surface area contributed by atoms with E-state index < -0.39 is 11.8 Å². The Morgan fingerprint density at radius 2 is 1.83 bits per heavy atom. The van der Waals surface area contributed by atoms with Gasteiger partial charge in [-0.15, -0.1) is 0 Å². The van der Waals surface area contributed by atoms with Crippen LogP contribution in [0, 0.1) is 0 Å². The molecule has 1 aliphatic heterocycles. The van der Waals surface area contributed by atoms with Gasteiger partial charge in [0, 0.05) is 15.6 Å². The lowest BCUT2D eigenvalue weighted by atomic mass is 10.1. The van der Waals surface area contributed by atoms with E-state index in [4.69, 9.17) is 44.9 Å². The van der Waals surface area contributed by atoms with Crippen molar-refractivity contribution in [1.29, 1.82) is 0 Å². The van der Waals surface area contributed by atoms with Gasteiger partial charge in [0.05, 0.1) is 11.6 Å². The fourth-order valence-corrected chi connectivity index (χ4v) is 3.75. The average molecular weight is 516 g/mol. The minimum atomic E-state index is -0.577. The van der Waals surface area contributed by atoms with E-state index in [2.05, 4.69) is 26.6 Å². The van der Waals surface area contributed by atoms with E-state index in [1.807, 2.05) is 0 Å². The van der Waals surface area contributed by atoms with Gasteiger partial charge >= 0.3 is 0 Å². The molecule has 1 saturated heterocycles. The molecule has 150 valence electrons. The molecule has 29 heavy (non-hydrogen) atoms. The third kappa shape index (κ3) is 5.08. The largest absolute Gasteiger partial charge is 0.493 e. The Morgan fingerprint density at radius 1 is 1.14 bits per heavy atom. The second kappa shape index (κ2) is 9.13. The molecule has 0 atom stereocenters. The van der Waals surface area contributed by atoms with Gasteiger partial charge in [0.1, 0.15) is 12.2 Å². The van der Waals surface area contributed by atoms with Gasteiger partial charge in [0.15, 0.2) is 16.6 Å². The molecule has 10 heteroatoms. The van der Waals surface area contributed by atoms with Crippen molar-refractivity contribution < 1.29 is 19.1 Å². The smallest absolute Gasteiger partial charge is 0.263 e. The standard InChI is InChI=1S/C19H13BrCl2N2O4S/c1-27-15-6-9(4-12-17(25)23-19(29)24-18(12)26)5-13(20)16(15)28-8-10-2-3-11(21)7-14(10)22/h2-7H,8H2,1H3,(H2,23,24,25,26,29). The number of thiocarbonyl (C=S) groups is 1. The van der Waals surface area contributed by atoms with Crippen LogP contribution in [0.5, 0.6) is 11.5 Å². The zero-order valence-electron chi connectivity index (χ0n) is 14.8. The Balaban J connectivity index is 1.87. The van der Waals surface area contributed by atoms with E-state index in [9.17, 15) is 9.59 Å². The number of halogens is 3. The number of carbonyl (C=O) groups is 2. The van der Waals surface area contributed by atoms with Gasteiger partial charge in [0.25, 0.3) is 11.8 Å². The summed E-state index contributed by atoms with van der Waals surface area (Å²) in [6.07, 6.45) is 1.43. The van der Waals surface area contributed by atoms with Gasteiger partial charge in [-0.1, -0.05) is 29.3 Å². The van der Waals surface area contributed by atoms with Crippen molar-refractivity contribution >= 4 is 74.4 Å². The van der Waals surface area contributed by atoms with E-state index in [-0.39, 0.29) is 17.3 Å². The van der Waals surface area contributed by atoms with Gasteiger partial charge in [-0.05, 0) is 64.1 Å². The molecule has 3 rings (SSSR count). The van der Waals surface area contributed by atoms with Crippen LogP contribution < -0.4 is 20.1 Å². The number of methoxy groups -OCH3 is 1. The number of hydrogen-bond donors (Lipinski definition) is 2. The fraction of sp³-hybridized carbons (Fsp3) is 0.105. The molecular formula is C19H13BrCl2N2O4S. The summed E-state index contributed by atoms with van der Waals surface area (Å²) in [6.45, 7) is 0.188. The summed E-state index contributed by atoms with van der Waals surface area (Å²) in [6, 6.07) is 8.47. The van der Waals surface area contributed by atoms with Crippen molar-refractivity contribution in [3.05, 3.63) is 61.5 Å². The third-order valence-electron chi connectivity index (χ3n) is 3.89. The Kier molecular flexibility index (Phi) is 6.79. The summed E-state index contributed by atoms with van der Waals surface area (Å²) >= 11 is 20.3. The summed E-state index contributed by atoms with van der Waals surface area (Å²) < 4.78 is 11.8. The van der Waals surface area contributed by atoms with E-state index >= 15 is 0 Å². The van der Waals surface area contributed by atoms with Gasteiger partial charge in [0.2, 0.25) is 0 Å². The van der Waals surface area contributed by atoms with Gasteiger partial charge in [-0.25, -0.2) is 0 Å². The van der Waals surface area contributed by atoms with Crippen molar-refractivity contribution in [2.75, 3.05) is 7.11 Å². The van der Waals surface area contributed by atoms with Crippen LogP contribution in [-0.2, 0) is 16.2 Å². The Bertz CT molecular complexity index is 1040. The van der Waals surface area contributed by atoms with Crippen LogP contribution in [0.25, 0.3) is 6.08 Å². The summed E-state index contributed by atoms with van der Waals surface area (Å²) in [5, 5.41) is 5.76. The Labute approximate surface area is 190 Å². The van der Waals surface area contributed by atoms with Crippen LogP contribution in [-0.4, -0.2) is 24.0 Å². The minimum Gasteiger partial charge on any atom is -0.493 e. The molecule has 0 aromatic heterocycles. The predicted octanol–water partition coefficient (Wildman–Crippen LogP) is 4.26. The monoisotopic (exact) mass is 514 g/mol. The summed E-state index contributed by atoms with van der Waals surface area (Å²) in [4.78, 5) is 24.0. The molecule has 0 aliphatic carbocycles. The lowest BCUT2D eigenvalue weighted by molar-refractivity contribution is -0.123. The molecule has 0 bridgehead atoms. The number of nitrogens with one attached hydrogen (secondary N) is 2. The first-order valence-electron chi connectivity index (χ1n) is 8.11. The zero-order valence-corrected chi connectivity index (χ0v) is 18.8. The van der Waals surface area contributed by atoms with E-state index in [1.54, 1.807) is 30.3 Å². The van der Waals surface area contributed by atoms with Crippen molar-refractivity contribution in [2.24, 2.45) is 0 Å². The molecule has 2 aromatic rings. The number of hydrogen-bond acceptors (Lipinski definition) is 5. The topological polar surface area (TPSA) is 76.7 Å².